The zero-order valence-corrected chi connectivity index (χ0v) is 20.2. The van der Waals surface area contributed by atoms with E-state index in [0.717, 1.165) is 60.1 Å². The van der Waals surface area contributed by atoms with Crippen LogP contribution in [0.25, 0.3) is 10.2 Å². The number of thiazole rings is 1. The zero-order valence-electron chi connectivity index (χ0n) is 19.4. The van der Waals surface area contributed by atoms with Crippen LogP contribution in [0.3, 0.4) is 0 Å². The van der Waals surface area contributed by atoms with Crippen LogP contribution in [0.15, 0.2) is 35.1 Å². The molecule has 0 spiro atoms. The van der Waals surface area contributed by atoms with Crippen molar-refractivity contribution in [2.24, 2.45) is 0 Å². The van der Waals surface area contributed by atoms with Gasteiger partial charge in [0.2, 0.25) is 0 Å². The number of H-pyrrole nitrogens is 1. The number of aromatic nitrogens is 1. The standard InChI is InChI=1S/C26H35N3O3S/c1-2-3-4-5-6-15-29(20-9-10-21-19(17-20)8-12-23(30)25(21)31)27-14-13-18-7-11-22-24(16-18)33-26(32)28-22/h7-8,11-12,16,20,27,30-31H,2-6,9-10,13-15,17H2,1H3,(H,28,32). The second kappa shape index (κ2) is 11.2. The van der Waals surface area contributed by atoms with Crippen molar-refractivity contribution in [1.82, 2.24) is 15.4 Å². The highest BCUT2D eigenvalue weighted by atomic mass is 32.1. The number of nitrogens with one attached hydrogen (secondary N) is 2. The molecule has 3 aromatic rings. The van der Waals surface area contributed by atoms with Crippen LogP contribution in [0, 0.1) is 0 Å². The van der Waals surface area contributed by atoms with E-state index in [4.69, 9.17) is 0 Å². The highest BCUT2D eigenvalue weighted by Crippen LogP contribution is 2.36. The van der Waals surface area contributed by atoms with Gasteiger partial charge in [0.1, 0.15) is 0 Å². The largest absolute Gasteiger partial charge is 0.504 e. The number of hydrogen-bond donors (Lipinski definition) is 4. The summed E-state index contributed by atoms with van der Waals surface area (Å²) in [6, 6.07) is 10.1. The monoisotopic (exact) mass is 469 g/mol. The van der Waals surface area contributed by atoms with Crippen molar-refractivity contribution in [3.8, 4) is 11.5 Å². The number of fused-ring (bicyclic) bond motifs is 2. The molecule has 1 unspecified atom stereocenters. The van der Waals surface area contributed by atoms with E-state index in [2.05, 4.69) is 34.5 Å². The Morgan fingerprint density at radius 3 is 2.85 bits per heavy atom. The molecule has 4 rings (SSSR count). The van der Waals surface area contributed by atoms with Crippen LogP contribution in [0.2, 0.25) is 0 Å². The molecule has 33 heavy (non-hydrogen) atoms. The van der Waals surface area contributed by atoms with Crippen molar-refractivity contribution in [1.29, 1.82) is 0 Å². The van der Waals surface area contributed by atoms with Crippen molar-refractivity contribution in [2.45, 2.75) is 70.8 Å². The van der Waals surface area contributed by atoms with E-state index in [1.54, 1.807) is 6.07 Å². The SMILES string of the molecule is CCCCCCCN(NCCc1ccc2[nH]c(=O)sc2c1)C1CCc2c(ccc(O)c2O)C1. The summed E-state index contributed by atoms with van der Waals surface area (Å²) >= 11 is 1.26. The Kier molecular flexibility index (Phi) is 8.06. The van der Waals surface area contributed by atoms with Crippen LogP contribution < -0.4 is 10.3 Å². The second-order valence-corrected chi connectivity index (χ2v) is 10.1. The molecule has 178 valence electrons. The van der Waals surface area contributed by atoms with Gasteiger partial charge in [-0.1, -0.05) is 56.1 Å². The number of hydrogen-bond acceptors (Lipinski definition) is 6. The number of hydrazine groups is 1. The topological polar surface area (TPSA) is 88.6 Å². The minimum atomic E-state index is -0.0254. The van der Waals surface area contributed by atoms with Crippen LogP contribution in [-0.4, -0.2) is 39.3 Å². The smallest absolute Gasteiger partial charge is 0.305 e. The van der Waals surface area contributed by atoms with E-state index in [1.807, 2.05) is 12.1 Å². The molecule has 0 saturated carbocycles. The predicted octanol–water partition coefficient (Wildman–Crippen LogP) is 4.88. The Hall–Kier alpha value is -2.35. The molecule has 0 radical (unpaired) electrons. The van der Waals surface area contributed by atoms with Gasteiger partial charge in [0, 0.05) is 24.7 Å². The van der Waals surface area contributed by atoms with Crippen LogP contribution in [0.4, 0.5) is 0 Å². The van der Waals surface area contributed by atoms with Crippen molar-refractivity contribution in [3.63, 3.8) is 0 Å². The van der Waals surface area contributed by atoms with E-state index in [0.29, 0.717) is 6.04 Å². The van der Waals surface area contributed by atoms with Gasteiger partial charge in [0.15, 0.2) is 11.5 Å². The van der Waals surface area contributed by atoms with Gasteiger partial charge in [-0.15, -0.1) is 0 Å². The Morgan fingerprint density at radius 1 is 1.15 bits per heavy atom. The number of unbranched alkanes of at least 4 members (excludes halogenated alkanes) is 4. The quantitative estimate of drug-likeness (QED) is 0.183. The Morgan fingerprint density at radius 2 is 2.00 bits per heavy atom. The molecule has 0 amide bonds. The first kappa shape index (κ1) is 23.8. The van der Waals surface area contributed by atoms with E-state index < -0.39 is 0 Å². The fourth-order valence-corrected chi connectivity index (χ4v) is 5.63. The van der Waals surface area contributed by atoms with Crippen LogP contribution in [-0.2, 0) is 19.3 Å². The molecule has 1 aromatic heterocycles. The highest BCUT2D eigenvalue weighted by Gasteiger charge is 2.26. The maximum absolute atomic E-state index is 11.6. The lowest BCUT2D eigenvalue weighted by atomic mass is 9.87. The molecule has 0 aliphatic heterocycles. The molecule has 1 aliphatic carbocycles. The summed E-state index contributed by atoms with van der Waals surface area (Å²) in [5.74, 6) is 0.0231. The lowest BCUT2D eigenvalue weighted by Crippen LogP contribution is -2.49. The zero-order chi connectivity index (χ0) is 23.2. The van der Waals surface area contributed by atoms with Gasteiger partial charge in [-0.25, -0.2) is 5.01 Å². The lowest BCUT2D eigenvalue weighted by Gasteiger charge is -2.36. The summed E-state index contributed by atoms with van der Waals surface area (Å²) in [6.07, 6.45) is 9.73. The number of phenols is 2. The lowest BCUT2D eigenvalue weighted by molar-refractivity contribution is 0.109. The third-order valence-corrected chi connectivity index (χ3v) is 7.54. The van der Waals surface area contributed by atoms with Gasteiger partial charge in [0.05, 0.1) is 10.2 Å². The number of aromatic hydroxyl groups is 2. The molecule has 2 aromatic carbocycles. The molecule has 4 N–H and O–H groups in total. The summed E-state index contributed by atoms with van der Waals surface area (Å²) in [5.41, 5.74) is 7.85. The number of aromatic amines is 1. The summed E-state index contributed by atoms with van der Waals surface area (Å²) in [5, 5.41) is 22.5. The molecular formula is C26H35N3O3S. The van der Waals surface area contributed by atoms with Gasteiger partial charge in [-0.2, -0.15) is 0 Å². The van der Waals surface area contributed by atoms with Crippen molar-refractivity contribution < 1.29 is 10.2 Å². The van der Waals surface area contributed by atoms with Crippen LogP contribution in [0.1, 0.15) is 62.1 Å². The highest BCUT2D eigenvalue weighted by molar-refractivity contribution is 7.16. The van der Waals surface area contributed by atoms with Crippen molar-refractivity contribution >= 4 is 21.6 Å². The number of nitrogens with zero attached hydrogens (tertiary/aromatic N) is 1. The molecular weight excluding hydrogens is 434 g/mol. The fraction of sp³-hybridized carbons (Fsp3) is 0.500. The summed E-state index contributed by atoms with van der Waals surface area (Å²) in [7, 11) is 0. The fourth-order valence-electron chi connectivity index (χ4n) is 4.83. The first-order valence-corrected chi connectivity index (χ1v) is 13.0. The van der Waals surface area contributed by atoms with Gasteiger partial charge in [-0.05, 0) is 61.4 Å². The van der Waals surface area contributed by atoms with Crippen LogP contribution >= 0.6 is 11.3 Å². The average Bonchev–Trinajstić information content (AvgIpc) is 3.19. The van der Waals surface area contributed by atoms with E-state index >= 15 is 0 Å². The minimum absolute atomic E-state index is 0.00791. The molecule has 7 heteroatoms. The van der Waals surface area contributed by atoms with Gasteiger partial charge in [0.25, 0.3) is 0 Å². The molecule has 1 aliphatic rings. The number of benzene rings is 2. The molecule has 0 saturated heterocycles. The van der Waals surface area contributed by atoms with Gasteiger partial charge >= 0.3 is 4.87 Å². The van der Waals surface area contributed by atoms with Crippen molar-refractivity contribution in [3.05, 3.63) is 56.7 Å². The molecule has 6 nitrogen and oxygen atoms in total. The van der Waals surface area contributed by atoms with E-state index in [-0.39, 0.29) is 16.4 Å². The average molecular weight is 470 g/mol. The number of rotatable bonds is 11. The van der Waals surface area contributed by atoms with Gasteiger partial charge < -0.3 is 15.2 Å². The Labute approximate surface area is 199 Å². The first-order valence-electron chi connectivity index (χ1n) is 12.2. The van der Waals surface area contributed by atoms with Crippen molar-refractivity contribution in [2.75, 3.05) is 13.1 Å². The normalized spacial score (nSPS) is 15.9. The summed E-state index contributed by atoms with van der Waals surface area (Å²) in [6.45, 7) is 4.08. The van der Waals surface area contributed by atoms with E-state index in [1.165, 1.54) is 49.0 Å². The minimum Gasteiger partial charge on any atom is -0.504 e. The Bertz CT molecular complexity index is 1120. The second-order valence-electron chi connectivity index (χ2n) is 9.08. The van der Waals surface area contributed by atoms with E-state index in [9.17, 15) is 15.0 Å². The number of phenolic OH excluding ortho intramolecular Hbond substituents is 2. The third-order valence-electron chi connectivity index (χ3n) is 6.70. The van der Waals surface area contributed by atoms with Crippen LogP contribution in [0.5, 0.6) is 11.5 Å². The maximum atomic E-state index is 11.6. The first-order chi connectivity index (χ1) is 16.0. The summed E-state index contributed by atoms with van der Waals surface area (Å²) < 4.78 is 1.01. The third kappa shape index (κ3) is 5.96. The molecule has 1 atom stereocenters. The maximum Gasteiger partial charge on any atom is 0.305 e. The molecule has 0 fully saturated rings. The summed E-state index contributed by atoms with van der Waals surface area (Å²) in [4.78, 5) is 14.4. The molecule has 1 heterocycles. The predicted molar refractivity (Wildman–Crippen MR) is 135 cm³/mol. The van der Waals surface area contributed by atoms with Gasteiger partial charge in [-0.3, -0.25) is 10.2 Å². The Balaban J connectivity index is 1.39. The molecule has 0 bridgehead atoms.